The summed E-state index contributed by atoms with van der Waals surface area (Å²) in [6, 6.07) is 18.7. The average Bonchev–Trinajstić information content (AvgIpc) is 2.48. The summed E-state index contributed by atoms with van der Waals surface area (Å²) in [6.07, 6.45) is 2.15. The predicted octanol–water partition coefficient (Wildman–Crippen LogP) is 3.91. The smallest absolute Gasteiger partial charge is 0.0626 e. The van der Waals surface area contributed by atoms with E-state index in [2.05, 4.69) is 23.5 Å². The molecule has 0 heterocycles. The van der Waals surface area contributed by atoms with Crippen molar-refractivity contribution >= 4 is 11.6 Å². The minimum Gasteiger partial charge on any atom is -0.394 e. The van der Waals surface area contributed by atoms with Gasteiger partial charge in [-0.1, -0.05) is 60.1 Å². The van der Waals surface area contributed by atoms with Gasteiger partial charge in [0.1, 0.15) is 0 Å². The van der Waals surface area contributed by atoms with Gasteiger partial charge in [0.2, 0.25) is 0 Å². The van der Waals surface area contributed by atoms with Crippen LogP contribution in [0.25, 0.3) is 0 Å². The molecule has 0 saturated heterocycles. The largest absolute Gasteiger partial charge is 0.394 e. The van der Waals surface area contributed by atoms with Gasteiger partial charge >= 0.3 is 0 Å². The molecule has 2 aromatic carbocycles. The number of halogens is 1. The molecule has 0 radical (unpaired) electrons. The summed E-state index contributed by atoms with van der Waals surface area (Å²) in [5, 5.41) is 14.0. The average molecular weight is 302 g/mol. The predicted molar refractivity (Wildman–Crippen MR) is 86.6 cm³/mol. The molecule has 1 aliphatic rings. The normalized spacial score (nSPS) is 22.6. The third kappa shape index (κ3) is 3.29. The minimum atomic E-state index is 0.0170. The first-order chi connectivity index (χ1) is 10.3. The van der Waals surface area contributed by atoms with Gasteiger partial charge in [0.25, 0.3) is 0 Å². The molecule has 2 aromatic rings. The molecule has 1 unspecified atom stereocenters. The highest BCUT2D eigenvalue weighted by molar-refractivity contribution is 6.31. The van der Waals surface area contributed by atoms with Crippen LogP contribution in [0.1, 0.15) is 35.9 Å². The van der Waals surface area contributed by atoms with E-state index in [1.165, 1.54) is 5.56 Å². The minimum absolute atomic E-state index is 0.0170. The zero-order chi connectivity index (χ0) is 14.7. The molecule has 1 saturated carbocycles. The number of hydrogen-bond acceptors (Lipinski definition) is 2. The topological polar surface area (TPSA) is 32.3 Å². The maximum atomic E-state index is 9.59. The van der Waals surface area contributed by atoms with E-state index >= 15 is 0 Å². The van der Waals surface area contributed by atoms with E-state index in [4.69, 9.17) is 11.6 Å². The Morgan fingerprint density at radius 3 is 2.38 bits per heavy atom. The van der Waals surface area contributed by atoms with Crippen LogP contribution in [0.5, 0.6) is 0 Å². The van der Waals surface area contributed by atoms with Crippen molar-refractivity contribution in [1.82, 2.24) is 5.32 Å². The van der Waals surface area contributed by atoms with Crippen molar-refractivity contribution in [3.05, 3.63) is 70.7 Å². The molecule has 3 rings (SSSR count). The SMILES string of the molecule is OCC(NC1CC(c2ccccc2Cl)C1)c1ccccc1. The molecule has 3 heteroatoms. The quantitative estimate of drug-likeness (QED) is 0.877. The molecule has 2 N–H and O–H groups in total. The molecule has 21 heavy (non-hydrogen) atoms. The summed E-state index contributed by atoms with van der Waals surface area (Å²) < 4.78 is 0. The number of rotatable bonds is 5. The Balaban J connectivity index is 1.58. The van der Waals surface area contributed by atoms with Gasteiger partial charge in [0.15, 0.2) is 0 Å². The second-order valence-corrected chi connectivity index (χ2v) is 6.11. The van der Waals surface area contributed by atoms with Crippen LogP contribution in [0.15, 0.2) is 54.6 Å². The first-order valence-corrected chi connectivity index (χ1v) is 7.82. The Hall–Kier alpha value is -1.35. The van der Waals surface area contributed by atoms with Gasteiger partial charge in [0.05, 0.1) is 12.6 Å². The van der Waals surface area contributed by atoms with Gasteiger partial charge < -0.3 is 10.4 Å². The fourth-order valence-electron chi connectivity index (χ4n) is 3.04. The summed E-state index contributed by atoms with van der Waals surface area (Å²) in [5.41, 5.74) is 2.39. The Morgan fingerprint density at radius 1 is 1.05 bits per heavy atom. The molecule has 2 nitrogen and oxygen atoms in total. The molecule has 1 aliphatic carbocycles. The van der Waals surface area contributed by atoms with Crippen LogP contribution in [-0.2, 0) is 0 Å². The van der Waals surface area contributed by atoms with Crippen molar-refractivity contribution in [2.75, 3.05) is 6.61 Å². The van der Waals surface area contributed by atoms with Crippen molar-refractivity contribution in [1.29, 1.82) is 0 Å². The molecular formula is C18H20ClNO. The van der Waals surface area contributed by atoms with Crippen LogP contribution in [0.2, 0.25) is 5.02 Å². The monoisotopic (exact) mass is 301 g/mol. The van der Waals surface area contributed by atoms with Crippen molar-refractivity contribution in [3.8, 4) is 0 Å². The van der Waals surface area contributed by atoms with Gasteiger partial charge in [-0.2, -0.15) is 0 Å². The first-order valence-electron chi connectivity index (χ1n) is 7.44. The van der Waals surface area contributed by atoms with Crippen LogP contribution in [0.3, 0.4) is 0 Å². The summed E-state index contributed by atoms with van der Waals surface area (Å²) in [7, 11) is 0. The first kappa shape index (κ1) is 14.6. The van der Waals surface area contributed by atoms with Crippen LogP contribution in [-0.4, -0.2) is 17.8 Å². The highest BCUT2D eigenvalue weighted by Gasteiger charge is 2.32. The lowest BCUT2D eigenvalue weighted by atomic mass is 9.75. The molecule has 0 bridgehead atoms. The van der Waals surface area contributed by atoms with Crippen LogP contribution < -0.4 is 5.32 Å². The molecule has 0 spiro atoms. The molecule has 1 atom stereocenters. The summed E-state index contributed by atoms with van der Waals surface area (Å²) in [5.74, 6) is 0.534. The lowest BCUT2D eigenvalue weighted by Crippen LogP contribution is -2.43. The van der Waals surface area contributed by atoms with E-state index in [-0.39, 0.29) is 12.6 Å². The molecule has 1 fully saturated rings. The number of nitrogens with one attached hydrogen (secondary N) is 1. The lowest BCUT2D eigenvalue weighted by Gasteiger charge is -2.39. The number of hydrogen-bond donors (Lipinski definition) is 2. The van der Waals surface area contributed by atoms with Crippen molar-refractivity contribution < 1.29 is 5.11 Å². The number of aliphatic hydroxyl groups excluding tert-OH is 1. The van der Waals surface area contributed by atoms with Gasteiger partial charge in [-0.05, 0) is 36.0 Å². The Labute approximate surface area is 130 Å². The third-order valence-corrected chi connectivity index (χ3v) is 4.65. The zero-order valence-electron chi connectivity index (χ0n) is 11.9. The summed E-state index contributed by atoms with van der Waals surface area (Å²) in [4.78, 5) is 0. The van der Waals surface area contributed by atoms with E-state index in [1.807, 2.05) is 36.4 Å². The number of aliphatic hydroxyl groups is 1. The molecule has 0 aliphatic heterocycles. The van der Waals surface area contributed by atoms with Crippen LogP contribution in [0.4, 0.5) is 0 Å². The van der Waals surface area contributed by atoms with Gasteiger partial charge in [-0.25, -0.2) is 0 Å². The van der Waals surface area contributed by atoms with Crippen LogP contribution >= 0.6 is 11.6 Å². The second-order valence-electron chi connectivity index (χ2n) is 5.70. The highest BCUT2D eigenvalue weighted by atomic mass is 35.5. The molecule has 110 valence electrons. The summed E-state index contributed by atoms with van der Waals surface area (Å²) in [6.45, 7) is 0.122. The lowest BCUT2D eigenvalue weighted by molar-refractivity contribution is 0.197. The third-order valence-electron chi connectivity index (χ3n) is 4.30. The second kappa shape index (κ2) is 6.61. The Bertz CT molecular complexity index is 581. The standard InChI is InChI=1S/C18H20ClNO/c19-17-9-5-4-8-16(17)14-10-15(11-14)20-18(12-21)13-6-2-1-3-7-13/h1-9,14-15,18,20-21H,10-12H2. The van der Waals surface area contributed by atoms with E-state index in [1.54, 1.807) is 0 Å². The van der Waals surface area contributed by atoms with E-state index in [0.717, 1.165) is 23.4 Å². The Morgan fingerprint density at radius 2 is 1.71 bits per heavy atom. The van der Waals surface area contributed by atoms with Gasteiger partial charge in [0, 0.05) is 11.1 Å². The van der Waals surface area contributed by atoms with E-state index < -0.39 is 0 Å². The van der Waals surface area contributed by atoms with E-state index in [9.17, 15) is 5.11 Å². The van der Waals surface area contributed by atoms with Crippen LogP contribution in [0, 0.1) is 0 Å². The maximum absolute atomic E-state index is 9.59. The fourth-order valence-corrected chi connectivity index (χ4v) is 3.33. The zero-order valence-corrected chi connectivity index (χ0v) is 12.6. The molecule has 0 amide bonds. The fraction of sp³-hybridized carbons (Fsp3) is 0.333. The van der Waals surface area contributed by atoms with Crippen molar-refractivity contribution in [2.45, 2.75) is 30.8 Å². The van der Waals surface area contributed by atoms with E-state index in [0.29, 0.717) is 12.0 Å². The molecule has 0 aromatic heterocycles. The molecular weight excluding hydrogens is 282 g/mol. The summed E-state index contributed by atoms with van der Waals surface area (Å²) >= 11 is 6.25. The Kier molecular flexibility index (Phi) is 4.59. The maximum Gasteiger partial charge on any atom is 0.0626 e. The van der Waals surface area contributed by atoms with Gasteiger partial charge in [-0.3, -0.25) is 0 Å². The van der Waals surface area contributed by atoms with Gasteiger partial charge in [-0.15, -0.1) is 0 Å². The van der Waals surface area contributed by atoms with Crippen molar-refractivity contribution in [2.24, 2.45) is 0 Å². The number of benzene rings is 2. The van der Waals surface area contributed by atoms with Crippen molar-refractivity contribution in [3.63, 3.8) is 0 Å². The highest BCUT2D eigenvalue weighted by Crippen LogP contribution is 2.40.